The number of benzene rings is 2. The molecular formula is C29H39BrN2O2. The predicted octanol–water partition coefficient (Wildman–Crippen LogP) is 1.79. The lowest BCUT2D eigenvalue weighted by Crippen LogP contribution is -3.00. The van der Waals surface area contributed by atoms with E-state index >= 15 is 0 Å². The van der Waals surface area contributed by atoms with E-state index in [-0.39, 0.29) is 29.1 Å². The molecule has 2 aromatic rings. The number of likely N-dealkylation sites (tertiary alicyclic amines) is 1. The summed E-state index contributed by atoms with van der Waals surface area (Å²) >= 11 is 0. The Labute approximate surface area is 215 Å². The van der Waals surface area contributed by atoms with Gasteiger partial charge in [-0.05, 0) is 44.0 Å². The topological polar surface area (TPSA) is 29.5 Å². The molecule has 0 radical (unpaired) electrons. The zero-order valence-corrected chi connectivity index (χ0v) is 22.1. The largest absolute Gasteiger partial charge is 1.00 e. The van der Waals surface area contributed by atoms with Crippen LogP contribution in [0.3, 0.4) is 0 Å². The molecule has 4 nitrogen and oxygen atoms in total. The molecule has 184 valence electrons. The fourth-order valence-corrected chi connectivity index (χ4v) is 6.47. The number of nitrogens with zero attached hydrogens (tertiary/aromatic N) is 2. The van der Waals surface area contributed by atoms with Crippen molar-refractivity contribution in [1.29, 1.82) is 0 Å². The first-order chi connectivity index (χ1) is 16.1. The Morgan fingerprint density at radius 2 is 1.59 bits per heavy atom. The normalized spacial score (nSPS) is 28.5. The molecule has 4 heterocycles. The first kappa shape index (κ1) is 25.4. The van der Waals surface area contributed by atoms with Crippen molar-refractivity contribution in [2.24, 2.45) is 5.92 Å². The molecule has 2 aromatic carbocycles. The van der Waals surface area contributed by atoms with Crippen molar-refractivity contribution in [2.45, 2.75) is 57.1 Å². The number of hydrogen-bond donors (Lipinski definition) is 0. The summed E-state index contributed by atoms with van der Waals surface area (Å²) in [5.41, 5.74) is 1.77. The van der Waals surface area contributed by atoms with Gasteiger partial charge in [-0.25, -0.2) is 4.79 Å². The monoisotopic (exact) mass is 526 g/mol. The lowest BCUT2D eigenvalue weighted by molar-refractivity contribution is -0.946. The van der Waals surface area contributed by atoms with Crippen molar-refractivity contribution in [3.8, 4) is 0 Å². The maximum atomic E-state index is 13.9. The van der Waals surface area contributed by atoms with Gasteiger partial charge in [-0.3, -0.25) is 4.90 Å². The van der Waals surface area contributed by atoms with Gasteiger partial charge in [0.15, 0.2) is 6.10 Å². The van der Waals surface area contributed by atoms with Gasteiger partial charge in [0.1, 0.15) is 12.1 Å². The molecule has 34 heavy (non-hydrogen) atoms. The maximum absolute atomic E-state index is 13.9. The van der Waals surface area contributed by atoms with Gasteiger partial charge < -0.3 is 26.2 Å². The molecule has 4 fully saturated rings. The van der Waals surface area contributed by atoms with Crippen molar-refractivity contribution in [3.05, 3.63) is 71.8 Å². The standard InChI is InChI=1S/C29H39N2O2.BrH/c1-29(26-13-7-3-8-14-26,30-18-9-4-10-19-30)28(32)33-27-23-31(21-16-25(27)17-22-31)20-15-24-11-5-2-6-12-24;/h2-3,5-8,11-14,25,27H,4,9-10,15-23H2,1H3;1H/q+1;/p-1/t25?,27-,29-,31?;/m0./s1. The van der Waals surface area contributed by atoms with Gasteiger partial charge in [0.2, 0.25) is 0 Å². The Bertz CT molecular complexity index is 924. The number of carbonyl (C=O) groups excluding carboxylic acids is 1. The average molecular weight is 528 g/mol. The summed E-state index contributed by atoms with van der Waals surface area (Å²) in [5.74, 6) is 0.475. The van der Waals surface area contributed by atoms with Crippen LogP contribution in [0, 0.1) is 5.92 Å². The molecule has 0 N–H and O–H groups in total. The van der Waals surface area contributed by atoms with Gasteiger partial charge in [0.25, 0.3) is 0 Å². The zero-order valence-electron chi connectivity index (χ0n) is 20.5. The molecule has 0 spiro atoms. The Morgan fingerprint density at radius 3 is 2.24 bits per heavy atom. The van der Waals surface area contributed by atoms with Crippen molar-refractivity contribution in [3.63, 3.8) is 0 Å². The van der Waals surface area contributed by atoms with Gasteiger partial charge >= 0.3 is 5.97 Å². The zero-order chi connectivity index (χ0) is 22.7. The second-order valence-electron chi connectivity index (χ2n) is 10.7. The molecule has 0 saturated carbocycles. The molecule has 0 amide bonds. The van der Waals surface area contributed by atoms with Crippen LogP contribution in [0.5, 0.6) is 0 Å². The smallest absolute Gasteiger partial charge is 0.331 e. The molecule has 5 heteroatoms. The molecule has 0 aliphatic carbocycles. The van der Waals surface area contributed by atoms with E-state index in [0.717, 1.165) is 55.5 Å². The highest BCUT2D eigenvalue weighted by atomic mass is 79.9. The maximum Gasteiger partial charge on any atom is 0.331 e. The molecule has 4 aliphatic heterocycles. The Morgan fingerprint density at radius 1 is 0.971 bits per heavy atom. The number of ether oxygens (including phenoxy) is 1. The summed E-state index contributed by atoms with van der Waals surface area (Å²) < 4.78 is 7.59. The molecule has 4 aliphatic rings. The third-order valence-electron chi connectivity index (χ3n) is 8.74. The van der Waals surface area contributed by atoms with Gasteiger partial charge in [-0.2, -0.15) is 0 Å². The highest BCUT2D eigenvalue weighted by Crippen LogP contribution is 2.38. The second kappa shape index (κ2) is 10.9. The fraction of sp³-hybridized carbons (Fsp3) is 0.552. The Hall–Kier alpha value is -1.69. The number of esters is 1. The Kier molecular flexibility index (Phi) is 8.16. The Balaban J connectivity index is 0.00000274. The molecule has 6 rings (SSSR count). The van der Waals surface area contributed by atoms with E-state index < -0.39 is 5.54 Å². The van der Waals surface area contributed by atoms with Crippen molar-refractivity contribution in [1.82, 2.24) is 4.90 Å². The lowest BCUT2D eigenvalue weighted by atomic mass is 9.82. The number of rotatable bonds is 7. The number of hydrogen-bond acceptors (Lipinski definition) is 3. The molecule has 2 atom stereocenters. The van der Waals surface area contributed by atoms with Gasteiger partial charge in [0, 0.05) is 25.2 Å². The number of fused-ring (bicyclic) bond motifs is 3. The van der Waals surface area contributed by atoms with Crippen LogP contribution in [0.2, 0.25) is 0 Å². The lowest BCUT2D eigenvalue weighted by Gasteiger charge is -2.53. The summed E-state index contributed by atoms with van der Waals surface area (Å²) in [7, 11) is 0. The van der Waals surface area contributed by atoms with Crippen molar-refractivity contribution >= 4 is 5.97 Å². The summed E-state index contributed by atoms with van der Waals surface area (Å²) in [6.07, 6.45) is 7.06. The third kappa shape index (κ3) is 5.12. The molecule has 0 unspecified atom stereocenters. The van der Waals surface area contributed by atoms with E-state index in [2.05, 4.69) is 54.3 Å². The quantitative estimate of drug-likeness (QED) is 0.407. The SMILES string of the molecule is C[C@@](C(=O)O[C@H]1C[N+]2(CCc3ccccc3)CCC1CC2)(c1ccccc1)N1CCCCC1.[Br-]. The number of carbonyl (C=O) groups is 1. The van der Waals surface area contributed by atoms with E-state index in [9.17, 15) is 4.79 Å². The van der Waals surface area contributed by atoms with Gasteiger partial charge in [-0.15, -0.1) is 0 Å². The van der Waals surface area contributed by atoms with E-state index in [1.165, 1.54) is 37.9 Å². The van der Waals surface area contributed by atoms with E-state index in [0.29, 0.717) is 5.92 Å². The summed E-state index contributed by atoms with van der Waals surface area (Å²) in [6, 6.07) is 21.1. The van der Waals surface area contributed by atoms with E-state index in [1.807, 2.05) is 18.2 Å². The van der Waals surface area contributed by atoms with Gasteiger partial charge in [-0.1, -0.05) is 67.1 Å². The highest BCUT2D eigenvalue weighted by molar-refractivity contribution is 5.82. The van der Waals surface area contributed by atoms with E-state index in [4.69, 9.17) is 4.74 Å². The van der Waals surface area contributed by atoms with E-state index in [1.54, 1.807) is 0 Å². The van der Waals surface area contributed by atoms with Crippen LogP contribution in [0.25, 0.3) is 0 Å². The summed E-state index contributed by atoms with van der Waals surface area (Å²) in [6.45, 7) is 8.61. The number of halogens is 1. The first-order valence-electron chi connectivity index (χ1n) is 13.0. The fourth-order valence-electron chi connectivity index (χ4n) is 6.47. The summed E-state index contributed by atoms with van der Waals surface area (Å²) in [5, 5.41) is 0. The van der Waals surface area contributed by atoms with Crippen LogP contribution < -0.4 is 17.0 Å². The average Bonchev–Trinajstić information content (AvgIpc) is 2.89. The first-order valence-corrected chi connectivity index (χ1v) is 13.0. The van der Waals surface area contributed by atoms with Crippen LogP contribution in [0.4, 0.5) is 0 Å². The van der Waals surface area contributed by atoms with Gasteiger partial charge in [0.05, 0.1) is 19.6 Å². The van der Waals surface area contributed by atoms with Crippen LogP contribution in [-0.4, -0.2) is 60.7 Å². The minimum absolute atomic E-state index is 0. The van der Waals surface area contributed by atoms with Crippen LogP contribution in [0.15, 0.2) is 60.7 Å². The molecule has 4 saturated heterocycles. The molecule has 2 bridgehead atoms. The van der Waals surface area contributed by atoms with Crippen LogP contribution in [0.1, 0.15) is 50.2 Å². The molecular weight excluding hydrogens is 488 g/mol. The summed E-state index contributed by atoms with van der Waals surface area (Å²) in [4.78, 5) is 16.3. The second-order valence-corrected chi connectivity index (χ2v) is 10.7. The van der Waals surface area contributed by atoms with Crippen LogP contribution in [-0.2, 0) is 21.5 Å². The van der Waals surface area contributed by atoms with Crippen molar-refractivity contribution < 1.29 is 31.0 Å². The predicted molar refractivity (Wildman–Crippen MR) is 132 cm³/mol. The highest BCUT2D eigenvalue weighted by Gasteiger charge is 2.50. The minimum atomic E-state index is -0.706. The molecule has 0 aromatic heterocycles. The van der Waals surface area contributed by atoms with Crippen molar-refractivity contribution in [2.75, 3.05) is 39.3 Å². The number of quaternary nitrogens is 1. The van der Waals surface area contributed by atoms with Crippen LogP contribution >= 0.6 is 0 Å². The minimum Gasteiger partial charge on any atom is -1.00 e. The number of piperidine rings is 4. The third-order valence-corrected chi connectivity index (χ3v) is 8.74.